The Morgan fingerprint density at radius 2 is 1.60 bits per heavy atom. The standard InChI is InChI=1S/C14H30O/c1-4-7-9-10-12-15-13-14(6-3)11-8-5-2/h14H,4-13H2,1-3H3. The van der Waals surface area contributed by atoms with Gasteiger partial charge in [-0.15, -0.1) is 0 Å². The zero-order valence-corrected chi connectivity index (χ0v) is 11.1. The van der Waals surface area contributed by atoms with Crippen molar-refractivity contribution in [3.8, 4) is 0 Å². The fourth-order valence-electron chi connectivity index (χ4n) is 1.78. The van der Waals surface area contributed by atoms with Crippen LogP contribution in [0.5, 0.6) is 0 Å². The van der Waals surface area contributed by atoms with E-state index in [4.69, 9.17) is 4.74 Å². The molecule has 0 aromatic carbocycles. The Morgan fingerprint density at radius 1 is 0.867 bits per heavy atom. The molecule has 0 aliphatic rings. The van der Waals surface area contributed by atoms with Crippen molar-refractivity contribution in [3.63, 3.8) is 0 Å². The number of ether oxygens (including phenoxy) is 1. The molecule has 0 heterocycles. The van der Waals surface area contributed by atoms with Gasteiger partial charge < -0.3 is 4.74 Å². The maximum atomic E-state index is 5.73. The summed E-state index contributed by atoms with van der Waals surface area (Å²) in [5.74, 6) is 0.802. The molecule has 92 valence electrons. The van der Waals surface area contributed by atoms with Gasteiger partial charge in [-0.1, -0.05) is 59.3 Å². The molecule has 0 spiro atoms. The smallest absolute Gasteiger partial charge is 0.0494 e. The monoisotopic (exact) mass is 214 g/mol. The number of hydrogen-bond donors (Lipinski definition) is 0. The normalized spacial score (nSPS) is 13.0. The lowest BCUT2D eigenvalue weighted by molar-refractivity contribution is 0.0909. The average molecular weight is 214 g/mol. The minimum atomic E-state index is 0.802. The molecule has 1 atom stereocenters. The zero-order chi connectivity index (χ0) is 11.4. The predicted molar refractivity (Wildman–Crippen MR) is 68.3 cm³/mol. The van der Waals surface area contributed by atoms with Gasteiger partial charge in [-0.2, -0.15) is 0 Å². The Bertz CT molecular complexity index is 112. The lowest BCUT2D eigenvalue weighted by atomic mass is 10.0. The molecule has 0 rings (SSSR count). The largest absolute Gasteiger partial charge is 0.381 e. The summed E-state index contributed by atoms with van der Waals surface area (Å²) < 4.78 is 5.73. The molecule has 0 aromatic heterocycles. The molecule has 0 aromatic rings. The van der Waals surface area contributed by atoms with E-state index in [2.05, 4.69) is 20.8 Å². The van der Waals surface area contributed by atoms with Crippen LogP contribution in [0, 0.1) is 5.92 Å². The van der Waals surface area contributed by atoms with Gasteiger partial charge in [0.2, 0.25) is 0 Å². The second-order valence-electron chi connectivity index (χ2n) is 4.55. The van der Waals surface area contributed by atoms with Gasteiger partial charge in [0.15, 0.2) is 0 Å². The molecule has 0 N–H and O–H groups in total. The van der Waals surface area contributed by atoms with E-state index in [1.165, 1.54) is 51.4 Å². The van der Waals surface area contributed by atoms with Gasteiger partial charge in [-0.05, 0) is 18.8 Å². The van der Waals surface area contributed by atoms with Crippen LogP contribution in [-0.2, 0) is 4.74 Å². The Balaban J connectivity index is 3.22. The third-order valence-electron chi connectivity index (χ3n) is 3.04. The first-order valence-corrected chi connectivity index (χ1v) is 6.92. The first kappa shape index (κ1) is 15.0. The van der Waals surface area contributed by atoms with E-state index in [9.17, 15) is 0 Å². The summed E-state index contributed by atoms with van der Waals surface area (Å²) in [6.07, 6.45) is 10.5. The first-order chi connectivity index (χ1) is 7.35. The minimum absolute atomic E-state index is 0.802. The van der Waals surface area contributed by atoms with Crippen molar-refractivity contribution in [1.82, 2.24) is 0 Å². The molecule has 0 aliphatic carbocycles. The molecule has 0 saturated carbocycles. The van der Waals surface area contributed by atoms with Crippen LogP contribution in [0.2, 0.25) is 0 Å². The van der Waals surface area contributed by atoms with Crippen LogP contribution in [0.25, 0.3) is 0 Å². The van der Waals surface area contributed by atoms with Gasteiger partial charge in [-0.25, -0.2) is 0 Å². The Kier molecular flexibility index (Phi) is 12.0. The summed E-state index contributed by atoms with van der Waals surface area (Å²) in [6.45, 7) is 8.75. The number of hydrogen-bond acceptors (Lipinski definition) is 1. The quantitative estimate of drug-likeness (QED) is 0.449. The van der Waals surface area contributed by atoms with E-state index in [0.717, 1.165) is 19.1 Å². The Labute approximate surface area is 96.6 Å². The van der Waals surface area contributed by atoms with Gasteiger partial charge >= 0.3 is 0 Å². The second kappa shape index (κ2) is 12.0. The first-order valence-electron chi connectivity index (χ1n) is 6.92. The van der Waals surface area contributed by atoms with Crippen LogP contribution >= 0.6 is 0 Å². The molecule has 0 aliphatic heterocycles. The molecule has 15 heavy (non-hydrogen) atoms. The fourth-order valence-corrected chi connectivity index (χ4v) is 1.78. The molecule has 1 heteroatoms. The van der Waals surface area contributed by atoms with Crippen molar-refractivity contribution < 1.29 is 4.74 Å². The molecule has 0 radical (unpaired) electrons. The summed E-state index contributed by atoms with van der Waals surface area (Å²) in [7, 11) is 0. The summed E-state index contributed by atoms with van der Waals surface area (Å²) in [4.78, 5) is 0. The molecular weight excluding hydrogens is 184 g/mol. The van der Waals surface area contributed by atoms with E-state index >= 15 is 0 Å². The summed E-state index contributed by atoms with van der Waals surface area (Å²) in [5, 5.41) is 0. The van der Waals surface area contributed by atoms with E-state index in [1.807, 2.05) is 0 Å². The minimum Gasteiger partial charge on any atom is -0.381 e. The topological polar surface area (TPSA) is 9.23 Å². The fraction of sp³-hybridized carbons (Fsp3) is 1.00. The summed E-state index contributed by atoms with van der Waals surface area (Å²) in [6, 6.07) is 0. The lowest BCUT2D eigenvalue weighted by Gasteiger charge is -2.14. The van der Waals surface area contributed by atoms with Crippen molar-refractivity contribution in [3.05, 3.63) is 0 Å². The highest BCUT2D eigenvalue weighted by Crippen LogP contribution is 2.13. The molecule has 0 amide bonds. The van der Waals surface area contributed by atoms with Gasteiger partial charge in [0.25, 0.3) is 0 Å². The van der Waals surface area contributed by atoms with Gasteiger partial charge in [0, 0.05) is 13.2 Å². The molecule has 1 nitrogen and oxygen atoms in total. The highest BCUT2D eigenvalue weighted by molar-refractivity contribution is 4.55. The van der Waals surface area contributed by atoms with E-state index in [1.54, 1.807) is 0 Å². The highest BCUT2D eigenvalue weighted by Gasteiger charge is 2.05. The average Bonchev–Trinajstić information content (AvgIpc) is 2.27. The van der Waals surface area contributed by atoms with Gasteiger partial charge in [0.1, 0.15) is 0 Å². The van der Waals surface area contributed by atoms with Gasteiger partial charge in [-0.3, -0.25) is 0 Å². The second-order valence-corrected chi connectivity index (χ2v) is 4.55. The van der Waals surface area contributed by atoms with Crippen molar-refractivity contribution >= 4 is 0 Å². The zero-order valence-electron chi connectivity index (χ0n) is 11.1. The molecule has 1 unspecified atom stereocenters. The van der Waals surface area contributed by atoms with Crippen LogP contribution < -0.4 is 0 Å². The summed E-state index contributed by atoms with van der Waals surface area (Å²) in [5.41, 5.74) is 0. The van der Waals surface area contributed by atoms with Crippen LogP contribution in [-0.4, -0.2) is 13.2 Å². The van der Waals surface area contributed by atoms with E-state index in [-0.39, 0.29) is 0 Å². The maximum absolute atomic E-state index is 5.73. The molecule has 0 fully saturated rings. The Hall–Kier alpha value is -0.0400. The third-order valence-corrected chi connectivity index (χ3v) is 3.04. The van der Waals surface area contributed by atoms with Crippen LogP contribution in [0.4, 0.5) is 0 Å². The van der Waals surface area contributed by atoms with E-state index in [0.29, 0.717) is 0 Å². The predicted octanol–water partition coefficient (Wildman–Crippen LogP) is 4.80. The van der Waals surface area contributed by atoms with Crippen molar-refractivity contribution in [1.29, 1.82) is 0 Å². The van der Waals surface area contributed by atoms with Gasteiger partial charge in [0.05, 0.1) is 0 Å². The number of unbranched alkanes of at least 4 members (excludes halogenated alkanes) is 4. The SMILES string of the molecule is CCCCCCOCC(CC)CCCC. The van der Waals surface area contributed by atoms with Crippen molar-refractivity contribution in [2.45, 2.75) is 72.1 Å². The van der Waals surface area contributed by atoms with Crippen LogP contribution in [0.1, 0.15) is 72.1 Å². The summed E-state index contributed by atoms with van der Waals surface area (Å²) >= 11 is 0. The van der Waals surface area contributed by atoms with Crippen LogP contribution in [0.15, 0.2) is 0 Å². The van der Waals surface area contributed by atoms with Crippen molar-refractivity contribution in [2.24, 2.45) is 5.92 Å². The number of rotatable bonds is 11. The third kappa shape index (κ3) is 10.2. The Morgan fingerprint density at radius 3 is 2.20 bits per heavy atom. The molecule has 0 saturated heterocycles. The molecule has 0 bridgehead atoms. The highest BCUT2D eigenvalue weighted by atomic mass is 16.5. The lowest BCUT2D eigenvalue weighted by Crippen LogP contribution is -2.09. The van der Waals surface area contributed by atoms with Crippen LogP contribution in [0.3, 0.4) is 0 Å². The molecular formula is C14H30O. The maximum Gasteiger partial charge on any atom is 0.0494 e. The van der Waals surface area contributed by atoms with E-state index < -0.39 is 0 Å². The van der Waals surface area contributed by atoms with Crippen molar-refractivity contribution in [2.75, 3.05) is 13.2 Å².